The summed E-state index contributed by atoms with van der Waals surface area (Å²) >= 11 is 0. The quantitative estimate of drug-likeness (QED) is 0.0670. The molecule has 0 aliphatic rings. The molecule has 43 heavy (non-hydrogen) atoms. The Morgan fingerprint density at radius 2 is 1.63 bits per heavy atom. The maximum Gasteiger partial charge on any atom is 0.426 e. The molecule has 0 heterocycles. The third-order valence-electron chi connectivity index (χ3n) is 5.80. The number of nitrogen functional groups attached to an aromatic ring is 2. The summed E-state index contributed by atoms with van der Waals surface area (Å²) in [5.41, 5.74) is 11.5. The van der Waals surface area contributed by atoms with Gasteiger partial charge >= 0.3 is 24.2 Å². The van der Waals surface area contributed by atoms with E-state index in [4.69, 9.17) is 25.7 Å². The summed E-state index contributed by atoms with van der Waals surface area (Å²) in [5.74, 6) is -3.95. The molecule has 8 nitrogen and oxygen atoms in total. The number of halogens is 6. The Balaban J connectivity index is 1.52. The second-order valence-corrected chi connectivity index (χ2v) is 9.09. The highest BCUT2D eigenvalue weighted by Crippen LogP contribution is 2.34. The number of carbonyl (C=O) groups is 2. The first kappa shape index (κ1) is 32.6. The van der Waals surface area contributed by atoms with Crippen molar-refractivity contribution >= 4 is 29.4 Å². The Bertz CT molecular complexity index is 1480. The minimum Gasteiger partial charge on any atom is -0.491 e. The van der Waals surface area contributed by atoms with E-state index in [-0.39, 0.29) is 41.3 Å². The van der Waals surface area contributed by atoms with Gasteiger partial charge in [-0.05, 0) is 66.1 Å². The van der Waals surface area contributed by atoms with Gasteiger partial charge in [-0.2, -0.15) is 22.0 Å². The molecule has 0 spiro atoms. The van der Waals surface area contributed by atoms with Gasteiger partial charge in [0.2, 0.25) is 0 Å². The highest BCUT2D eigenvalue weighted by atomic mass is 19.4. The molecule has 0 fully saturated rings. The number of alkyl halides is 5. The Morgan fingerprint density at radius 3 is 2.26 bits per heavy atom. The molecule has 0 aliphatic heterocycles. The topological polar surface area (TPSA) is 134 Å². The van der Waals surface area contributed by atoms with Crippen LogP contribution in [0, 0.1) is 5.82 Å². The van der Waals surface area contributed by atoms with Crippen LogP contribution in [0.3, 0.4) is 0 Å². The van der Waals surface area contributed by atoms with E-state index in [1.165, 1.54) is 42.5 Å². The number of rotatable bonds is 13. The van der Waals surface area contributed by atoms with E-state index in [2.05, 4.69) is 0 Å². The van der Waals surface area contributed by atoms with Crippen LogP contribution in [0.1, 0.15) is 39.9 Å². The van der Waals surface area contributed by atoms with Gasteiger partial charge in [0.25, 0.3) is 0 Å². The number of hydrogen-bond donors (Lipinski definition) is 3. The fourth-order valence-electron chi connectivity index (χ4n) is 3.76. The molecule has 0 bridgehead atoms. The number of ether oxygens (including phenoxy) is 3. The van der Waals surface area contributed by atoms with Gasteiger partial charge in [-0.1, -0.05) is 12.1 Å². The normalized spacial score (nSPS) is 11.9. The number of anilines is 2. The highest BCUT2D eigenvalue weighted by molar-refractivity contribution is 5.92. The predicted octanol–water partition coefficient (Wildman–Crippen LogP) is 6.34. The number of benzene rings is 3. The number of hydrogen-bond acceptors (Lipinski definition) is 7. The Labute approximate surface area is 241 Å². The van der Waals surface area contributed by atoms with Crippen molar-refractivity contribution in [1.82, 2.24) is 0 Å². The highest BCUT2D eigenvalue weighted by Gasteiger charge is 2.35. The van der Waals surface area contributed by atoms with E-state index in [0.717, 1.165) is 18.2 Å². The molecule has 0 aliphatic carbocycles. The van der Waals surface area contributed by atoms with E-state index in [1.807, 2.05) is 0 Å². The third-order valence-corrected chi connectivity index (χ3v) is 5.80. The van der Waals surface area contributed by atoms with Crippen molar-refractivity contribution in [2.24, 2.45) is 0 Å². The molecule has 0 saturated heterocycles. The van der Waals surface area contributed by atoms with Crippen molar-refractivity contribution < 1.29 is 55.2 Å². The van der Waals surface area contributed by atoms with Crippen molar-refractivity contribution in [2.45, 2.75) is 31.5 Å². The molecule has 3 aromatic rings. The van der Waals surface area contributed by atoms with Crippen molar-refractivity contribution in [3.63, 3.8) is 0 Å². The van der Waals surface area contributed by atoms with Crippen LogP contribution < -0.4 is 20.9 Å². The fourth-order valence-corrected chi connectivity index (χ4v) is 3.76. The van der Waals surface area contributed by atoms with E-state index >= 15 is 0 Å². The molecule has 0 amide bonds. The zero-order chi connectivity index (χ0) is 31.8. The smallest absolute Gasteiger partial charge is 0.426 e. The minimum absolute atomic E-state index is 0.0230. The first-order valence-corrected chi connectivity index (χ1v) is 12.6. The van der Waals surface area contributed by atoms with Crippen molar-refractivity contribution in [3.05, 3.63) is 88.7 Å². The van der Waals surface area contributed by atoms with Gasteiger partial charge in [0.05, 0.1) is 24.3 Å². The molecule has 230 valence electrons. The van der Waals surface area contributed by atoms with Crippen LogP contribution in [0.15, 0.2) is 60.7 Å². The summed E-state index contributed by atoms with van der Waals surface area (Å²) in [7, 11) is 0. The first-order chi connectivity index (χ1) is 20.1. The predicted molar refractivity (Wildman–Crippen MR) is 144 cm³/mol. The van der Waals surface area contributed by atoms with E-state index < -0.39 is 60.8 Å². The molecule has 5 N–H and O–H groups in total. The van der Waals surface area contributed by atoms with Gasteiger partial charge in [0.15, 0.2) is 11.6 Å². The number of aromatic carboxylic acids is 1. The monoisotopic (exact) mass is 612 g/mol. The standard InChI is InChI=1S/C29H26F6N2O6/c30-23-14-18(5-8-25(23)41-12-1-11-28(31,32)33)29(34,35)43-20-6-2-17(3-7-20)4-9-26(38)42-13-10-21-22(27(39)40)15-19(36)16-24(21)37/h2-9,14-16H,1,10-13,36-37H2,(H,39,40). The number of carbonyl (C=O) groups excluding carboxylic acids is 1. The van der Waals surface area contributed by atoms with Crippen LogP contribution in [-0.2, 0) is 22.1 Å². The summed E-state index contributed by atoms with van der Waals surface area (Å²) in [6.07, 6.45) is -7.48. The zero-order valence-corrected chi connectivity index (χ0v) is 22.3. The molecule has 3 aromatic carbocycles. The van der Waals surface area contributed by atoms with Crippen molar-refractivity contribution in [3.8, 4) is 11.5 Å². The van der Waals surface area contributed by atoms with Gasteiger partial charge in [-0.25, -0.2) is 14.0 Å². The zero-order valence-electron chi connectivity index (χ0n) is 22.3. The summed E-state index contributed by atoms with van der Waals surface area (Å²) in [6, 6.07) is 9.90. The van der Waals surface area contributed by atoms with Crippen LogP contribution in [-0.4, -0.2) is 36.4 Å². The summed E-state index contributed by atoms with van der Waals surface area (Å²) in [5, 5.41) is 9.32. The molecular formula is C29H26F6N2O6. The summed E-state index contributed by atoms with van der Waals surface area (Å²) in [4.78, 5) is 23.5. The lowest BCUT2D eigenvalue weighted by Crippen LogP contribution is -2.22. The molecule has 0 radical (unpaired) electrons. The lowest BCUT2D eigenvalue weighted by atomic mass is 10.0. The summed E-state index contributed by atoms with van der Waals surface area (Å²) in [6.45, 7) is -0.626. The Kier molecular flexibility index (Phi) is 10.5. The van der Waals surface area contributed by atoms with Crippen LogP contribution in [0.2, 0.25) is 0 Å². The molecule has 0 saturated carbocycles. The number of esters is 1. The Morgan fingerprint density at radius 1 is 0.930 bits per heavy atom. The largest absolute Gasteiger partial charge is 0.491 e. The lowest BCUT2D eigenvalue weighted by molar-refractivity contribution is -0.185. The van der Waals surface area contributed by atoms with Gasteiger partial charge < -0.3 is 30.8 Å². The maximum atomic E-state index is 14.6. The van der Waals surface area contributed by atoms with E-state index in [1.54, 1.807) is 0 Å². The van der Waals surface area contributed by atoms with Crippen LogP contribution in [0.5, 0.6) is 11.5 Å². The first-order valence-electron chi connectivity index (χ1n) is 12.6. The average molecular weight is 613 g/mol. The SMILES string of the molecule is Nc1cc(N)c(CCOC(=O)C=Cc2ccc(OC(F)(F)c3ccc(OCCCC(F)(F)F)c(F)c3)cc2)c(C(=O)O)c1. The summed E-state index contributed by atoms with van der Waals surface area (Å²) < 4.78 is 94.7. The third kappa shape index (κ3) is 9.87. The number of carboxylic acid groups (broad SMARTS) is 1. The Hall–Kier alpha value is -4.88. The van der Waals surface area contributed by atoms with Crippen molar-refractivity contribution in [1.29, 1.82) is 0 Å². The number of carboxylic acids is 1. The fraction of sp³-hybridized carbons (Fsp3) is 0.241. The van der Waals surface area contributed by atoms with Gasteiger partial charge in [0, 0.05) is 30.3 Å². The molecular weight excluding hydrogens is 586 g/mol. The van der Waals surface area contributed by atoms with Crippen LogP contribution >= 0.6 is 0 Å². The molecule has 14 heteroatoms. The molecule has 0 unspecified atom stereocenters. The second-order valence-electron chi connectivity index (χ2n) is 9.09. The van der Waals surface area contributed by atoms with Crippen LogP contribution in [0.25, 0.3) is 6.08 Å². The van der Waals surface area contributed by atoms with Gasteiger partial charge in [-0.3, -0.25) is 0 Å². The van der Waals surface area contributed by atoms with Gasteiger partial charge in [-0.15, -0.1) is 0 Å². The average Bonchev–Trinajstić information content (AvgIpc) is 2.91. The number of nitrogens with two attached hydrogens (primary N) is 2. The molecule has 0 atom stereocenters. The maximum absolute atomic E-state index is 14.6. The van der Waals surface area contributed by atoms with Crippen molar-refractivity contribution in [2.75, 3.05) is 24.7 Å². The van der Waals surface area contributed by atoms with E-state index in [0.29, 0.717) is 11.6 Å². The van der Waals surface area contributed by atoms with E-state index in [9.17, 15) is 41.0 Å². The lowest BCUT2D eigenvalue weighted by Gasteiger charge is -2.19. The van der Waals surface area contributed by atoms with Gasteiger partial charge in [0.1, 0.15) is 5.75 Å². The molecule has 3 rings (SSSR count). The second kappa shape index (κ2) is 13.9. The van der Waals surface area contributed by atoms with Crippen LogP contribution in [0.4, 0.5) is 37.7 Å². The minimum atomic E-state index is -4.39. The molecule has 0 aromatic heterocycles.